The second kappa shape index (κ2) is 9.53. The van der Waals surface area contributed by atoms with Gasteiger partial charge in [-0.15, -0.1) is 10.2 Å². The van der Waals surface area contributed by atoms with Gasteiger partial charge in [0.1, 0.15) is 5.25 Å². The number of amides is 1. The lowest BCUT2D eigenvalue weighted by molar-refractivity contribution is -0.137. The molecule has 1 aliphatic carbocycles. The first kappa shape index (κ1) is 23.1. The Morgan fingerprint density at radius 3 is 2.43 bits per heavy atom. The second-order valence-corrected chi connectivity index (χ2v) is 9.19. The molecular weight excluding hydrogens is 475 g/mol. The van der Waals surface area contributed by atoms with E-state index in [2.05, 4.69) is 20.5 Å². The first-order valence-electron chi connectivity index (χ1n) is 10.9. The largest absolute Gasteiger partial charge is 0.416 e. The third-order valence-electron chi connectivity index (χ3n) is 5.54. The van der Waals surface area contributed by atoms with Crippen LogP contribution in [0.5, 0.6) is 0 Å². The lowest BCUT2D eigenvalue weighted by Crippen LogP contribution is -2.20. The summed E-state index contributed by atoms with van der Waals surface area (Å²) in [4.78, 5) is 17.4. The molecule has 2 aromatic carbocycles. The Morgan fingerprint density at radius 2 is 1.74 bits per heavy atom. The average molecular weight is 496 g/mol. The molecular formula is C25H20F3N5OS. The van der Waals surface area contributed by atoms with Gasteiger partial charge in [-0.3, -0.25) is 14.3 Å². The Bertz CT molecular complexity index is 1320. The van der Waals surface area contributed by atoms with Crippen LogP contribution in [0.2, 0.25) is 0 Å². The number of hydrogen-bond donors (Lipinski definition) is 1. The molecule has 1 unspecified atom stereocenters. The fourth-order valence-electron chi connectivity index (χ4n) is 3.70. The Morgan fingerprint density at radius 1 is 1.00 bits per heavy atom. The normalized spacial score (nSPS) is 14.5. The van der Waals surface area contributed by atoms with E-state index in [1.54, 1.807) is 12.4 Å². The van der Waals surface area contributed by atoms with Crippen molar-refractivity contribution < 1.29 is 18.0 Å². The van der Waals surface area contributed by atoms with E-state index in [0.29, 0.717) is 16.5 Å². The highest BCUT2D eigenvalue weighted by Gasteiger charge is 2.34. The number of thioether (sulfide) groups is 1. The third kappa shape index (κ3) is 5.22. The van der Waals surface area contributed by atoms with Crippen LogP contribution in [0.1, 0.15) is 35.3 Å². The maximum Gasteiger partial charge on any atom is 0.416 e. The summed E-state index contributed by atoms with van der Waals surface area (Å²) < 4.78 is 41.5. The van der Waals surface area contributed by atoms with E-state index < -0.39 is 22.9 Å². The van der Waals surface area contributed by atoms with Gasteiger partial charge in [0.05, 0.1) is 5.56 Å². The molecule has 6 nitrogen and oxygen atoms in total. The predicted octanol–water partition coefficient (Wildman–Crippen LogP) is 6.17. The van der Waals surface area contributed by atoms with Crippen molar-refractivity contribution >= 4 is 23.4 Å². The van der Waals surface area contributed by atoms with Gasteiger partial charge in [0, 0.05) is 29.7 Å². The standard InChI is InChI=1S/C25H20F3N5OS/c26-25(27,28)18-7-4-8-19(15-18)30-23(34)21(16-5-2-1-3-6-16)35-24-32-31-22(33(24)20-9-10-20)17-11-13-29-14-12-17/h1-8,11-15,20-21H,9-10H2,(H,30,34). The van der Waals surface area contributed by atoms with Crippen molar-refractivity contribution in [3.8, 4) is 11.4 Å². The van der Waals surface area contributed by atoms with Crippen LogP contribution in [0.25, 0.3) is 11.4 Å². The molecule has 0 spiro atoms. The Hall–Kier alpha value is -3.66. The summed E-state index contributed by atoms with van der Waals surface area (Å²) in [5.41, 5.74) is 0.830. The minimum atomic E-state index is -4.50. The summed E-state index contributed by atoms with van der Waals surface area (Å²) in [7, 11) is 0. The highest BCUT2D eigenvalue weighted by molar-refractivity contribution is 8.00. The SMILES string of the molecule is O=C(Nc1cccc(C(F)(F)F)c1)C(Sc1nnc(-c2ccncc2)n1C1CC1)c1ccccc1. The molecule has 1 atom stereocenters. The highest BCUT2D eigenvalue weighted by atomic mass is 32.2. The highest BCUT2D eigenvalue weighted by Crippen LogP contribution is 2.44. The van der Waals surface area contributed by atoms with Crippen LogP contribution >= 0.6 is 11.8 Å². The molecule has 2 heterocycles. The molecule has 1 aliphatic rings. The minimum Gasteiger partial charge on any atom is -0.325 e. The van der Waals surface area contributed by atoms with Crippen LogP contribution in [0.15, 0.2) is 84.3 Å². The number of benzene rings is 2. The number of hydrogen-bond acceptors (Lipinski definition) is 5. The summed E-state index contributed by atoms with van der Waals surface area (Å²) in [6.45, 7) is 0. The molecule has 1 saturated carbocycles. The number of carbonyl (C=O) groups excluding carboxylic acids is 1. The fraction of sp³-hybridized carbons (Fsp3) is 0.200. The molecule has 0 saturated heterocycles. The van der Waals surface area contributed by atoms with Crippen LogP contribution in [-0.4, -0.2) is 25.7 Å². The van der Waals surface area contributed by atoms with Gasteiger partial charge in [0.25, 0.3) is 0 Å². The molecule has 178 valence electrons. The van der Waals surface area contributed by atoms with Crippen molar-refractivity contribution in [2.24, 2.45) is 0 Å². The number of anilines is 1. The Kier molecular flexibility index (Phi) is 6.29. The first-order chi connectivity index (χ1) is 16.9. The topological polar surface area (TPSA) is 72.7 Å². The van der Waals surface area contributed by atoms with E-state index in [1.807, 2.05) is 47.0 Å². The van der Waals surface area contributed by atoms with Crippen molar-refractivity contribution in [3.05, 3.63) is 90.3 Å². The molecule has 4 aromatic rings. The van der Waals surface area contributed by atoms with E-state index in [4.69, 9.17) is 0 Å². The Balaban J connectivity index is 1.47. The fourth-order valence-corrected chi connectivity index (χ4v) is 4.81. The molecule has 10 heteroatoms. The van der Waals surface area contributed by atoms with Crippen molar-refractivity contribution in [3.63, 3.8) is 0 Å². The van der Waals surface area contributed by atoms with Crippen LogP contribution in [-0.2, 0) is 11.0 Å². The molecule has 0 radical (unpaired) electrons. The van der Waals surface area contributed by atoms with Gasteiger partial charge in [-0.05, 0) is 48.7 Å². The van der Waals surface area contributed by atoms with Crippen molar-refractivity contribution in [2.45, 2.75) is 35.5 Å². The number of nitrogens with zero attached hydrogens (tertiary/aromatic N) is 4. The molecule has 0 aliphatic heterocycles. The van der Waals surface area contributed by atoms with Gasteiger partial charge in [0.15, 0.2) is 11.0 Å². The molecule has 35 heavy (non-hydrogen) atoms. The smallest absolute Gasteiger partial charge is 0.325 e. The Labute approximate surface area is 203 Å². The van der Waals surface area contributed by atoms with E-state index in [9.17, 15) is 18.0 Å². The van der Waals surface area contributed by atoms with E-state index in [1.165, 1.54) is 23.9 Å². The molecule has 1 amide bonds. The summed E-state index contributed by atoms with van der Waals surface area (Å²) in [5, 5.41) is 11.2. The first-order valence-corrected chi connectivity index (χ1v) is 11.8. The van der Waals surface area contributed by atoms with Gasteiger partial charge >= 0.3 is 6.18 Å². The minimum absolute atomic E-state index is 0.0764. The summed E-state index contributed by atoms with van der Waals surface area (Å²) in [5.74, 6) is 0.249. The maximum absolute atomic E-state index is 13.4. The predicted molar refractivity (Wildman–Crippen MR) is 127 cm³/mol. The maximum atomic E-state index is 13.4. The third-order valence-corrected chi connectivity index (χ3v) is 6.75. The number of carbonyl (C=O) groups is 1. The van der Waals surface area contributed by atoms with Crippen molar-refractivity contribution in [1.82, 2.24) is 19.7 Å². The zero-order valence-electron chi connectivity index (χ0n) is 18.3. The van der Waals surface area contributed by atoms with Gasteiger partial charge < -0.3 is 5.32 Å². The number of aromatic nitrogens is 4. The number of rotatable bonds is 7. The van der Waals surface area contributed by atoms with Crippen LogP contribution in [0.4, 0.5) is 18.9 Å². The quantitative estimate of drug-likeness (QED) is 0.311. The molecule has 2 aromatic heterocycles. The van der Waals surface area contributed by atoms with Gasteiger partial charge in [-0.1, -0.05) is 48.2 Å². The lowest BCUT2D eigenvalue weighted by Gasteiger charge is -2.18. The summed E-state index contributed by atoms with van der Waals surface area (Å²) >= 11 is 1.23. The number of nitrogens with one attached hydrogen (secondary N) is 1. The zero-order valence-corrected chi connectivity index (χ0v) is 19.1. The lowest BCUT2D eigenvalue weighted by atomic mass is 10.1. The number of alkyl halides is 3. The molecule has 1 fully saturated rings. The summed E-state index contributed by atoms with van der Waals surface area (Å²) in [6, 6.07) is 17.6. The van der Waals surface area contributed by atoms with E-state index in [0.717, 1.165) is 30.5 Å². The second-order valence-electron chi connectivity index (χ2n) is 8.12. The molecule has 0 bridgehead atoms. The molecule has 1 N–H and O–H groups in total. The number of pyridine rings is 1. The van der Waals surface area contributed by atoms with Gasteiger partial charge in [-0.2, -0.15) is 13.2 Å². The average Bonchev–Trinajstić information content (AvgIpc) is 3.62. The van der Waals surface area contributed by atoms with E-state index >= 15 is 0 Å². The zero-order chi connectivity index (χ0) is 24.4. The van der Waals surface area contributed by atoms with Gasteiger partial charge in [-0.25, -0.2) is 0 Å². The van der Waals surface area contributed by atoms with Gasteiger partial charge in [0.2, 0.25) is 5.91 Å². The number of halogens is 3. The summed E-state index contributed by atoms with van der Waals surface area (Å²) in [6.07, 6.45) is 0.831. The van der Waals surface area contributed by atoms with E-state index in [-0.39, 0.29) is 11.7 Å². The van der Waals surface area contributed by atoms with Crippen LogP contribution in [0, 0.1) is 0 Å². The van der Waals surface area contributed by atoms with Crippen LogP contribution in [0.3, 0.4) is 0 Å². The van der Waals surface area contributed by atoms with Crippen LogP contribution < -0.4 is 5.32 Å². The monoisotopic (exact) mass is 495 g/mol. The van der Waals surface area contributed by atoms with Crippen molar-refractivity contribution in [1.29, 1.82) is 0 Å². The van der Waals surface area contributed by atoms with Crippen molar-refractivity contribution in [2.75, 3.05) is 5.32 Å². The molecule has 5 rings (SSSR count).